The van der Waals surface area contributed by atoms with Gasteiger partial charge in [-0.15, -0.1) is 0 Å². The Labute approximate surface area is 287 Å². The topological polar surface area (TPSA) is 178 Å². The summed E-state index contributed by atoms with van der Waals surface area (Å²) in [4.78, 5) is 49.8. The molecule has 1 fully saturated rings. The number of carbonyl (C=O) groups is 2. The number of nitrogens with zero attached hydrogens (tertiary/aromatic N) is 5. The number of carbonyl (C=O) groups excluding carboxylic acids is 2. The minimum atomic E-state index is -0.224. The summed E-state index contributed by atoms with van der Waals surface area (Å²) in [5.41, 5.74) is 12.5. The van der Waals surface area contributed by atoms with Crippen molar-refractivity contribution in [2.24, 2.45) is 21.6 Å². The second kappa shape index (κ2) is 24.7. The second-order valence-corrected chi connectivity index (χ2v) is 12.4. The Morgan fingerprint density at radius 2 is 1.85 bits per heavy atom. The fourth-order valence-corrected chi connectivity index (χ4v) is 4.42. The first-order valence-electron chi connectivity index (χ1n) is 16.4. The summed E-state index contributed by atoms with van der Waals surface area (Å²) < 4.78 is 0. The quantitative estimate of drug-likeness (QED) is 0.0655. The minimum Gasteiger partial charge on any atom is -0.385 e. The summed E-state index contributed by atoms with van der Waals surface area (Å²) in [6.45, 7) is 15.2. The third-order valence-corrected chi connectivity index (χ3v) is 7.91. The standard InChI is InChI=1S/C18H35ClN6O.C9H18N2O.C6H8N2O/c1-8-13(2)12-25(7)17(15(19)21-4)23-16(20)14(3)18(26)22-10-9-11-24(5)6;1-2-5-10-9-3-6-11(8-12)7-4-9;1-4-2-3-5(9)8-6(4)7/h13H,8-12,20H2,1-7H3,(H,22,26);8-10H,2-7H2,1H3;2-3H,1H3,(H3,7,8,9)/b16-14+,21-15?,23-17+;;. The van der Waals surface area contributed by atoms with Crippen LogP contribution in [0.4, 0.5) is 5.82 Å². The van der Waals surface area contributed by atoms with Gasteiger partial charge in [0.15, 0.2) is 11.0 Å². The maximum Gasteiger partial charge on any atom is 0.250 e. The lowest BCUT2D eigenvalue weighted by molar-refractivity contribution is -0.119. The van der Waals surface area contributed by atoms with Crippen LogP contribution in [0.25, 0.3) is 0 Å². The van der Waals surface area contributed by atoms with E-state index >= 15 is 0 Å². The molecule has 1 saturated heterocycles. The van der Waals surface area contributed by atoms with Gasteiger partial charge in [-0.3, -0.25) is 19.4 Å². The predicted octanol–water partition coefficient (Wildman–Crippen LogP) is 2.76. The monoisotopic (exact) mass is 680 g/mol. The fraction of sp³-hybridized carbons (Fsp3) is 0.667. The first kappa shape index (κ1) is 43.6. The minimum absolute atomic E-state index is 0.142. The van der Waals surface area contributed by atoms with E-state index in [9.17, 15) is 14.4 Å². The zero-order valence-corrected chi connectivity index (χ0v) is 30.9. The van der Waals surface area contributed by atoms with Crippen LogP contribution >= 0.6 is 11.6 Å². The van der Waals surface area contributed by atoms with Crippen LogP contribution in [0.3, 0.4) is 0 Å². The number of halogens is 1. The van der Waals surface area contributed by atoms with E-state index in [2.05, 4.69) is 51.3 Å². The van der Waals surface area contributed by atoms with Crippen LogP contribution in [-0.2, 0) is 9.59 Å². The largest absolute Gasteiger partial charge is 0.385 e. The van der Waals surface area contributed by atoms with Gasteiger partial charge < -0.3 is 41.8 Å². The number of aromatic nitrogens is 1. The molecule has 2 heterocycles. The highest BCUT2D eigenvalue weighted by atomic mass is 35.5. The maximum atomic E-state index is 12.2. The van der Waals surface area contributed by atoms with E-state index in [4.69, 9.17) is 23.1 Å². The number of piperidine rings is 1. The van der Waals surface area contributed by atoms with E-state index in [1.165, 1.54) is 12.5 Å². The number of rotatable bonds is 14. The molecule has 1 aromatic rings. The van der Waals surface area contributed by atoms with Crippen LogP contribution in [-0.4, -0.2) is 117 Å². The number of anilines is 1. The van der Waals surface area contributed by atoms with Gasteiger partial charge >= 0.3 is 0 Å². The Morgan fingerprint density at radius 3 is 2.34 bits per heavy atom. The molecule has 47 heavy (non-hydrogen) atoms. The van der Waals surface area contributed by atoms with Gasteiger partial charge in [0.25, 0.3) is 5.91 Å². The first-order chi connectivity index (χ1) is 22.2. The molecule has 0 spiro atoms. The number of amidine groups is 1. The summed E-state index contributed by atoms with van der Waals surface area (Å²) in [5, 5.41) is 6.59. The first-order valence-corrected chi connectivity index (χ1v) is 16.8. The van der Waals surface area contributed by atoms with Crippen molar-refractivity contribution in [2.75, 3.05) is 73.2 Å². The summed E-state index contributed by atoms with van der Waals surface area (Å²) in [7, 11) is 7.48. The summed E-state index contributed by atoms with van der Waals surface area (Å²) in [6, 6.07) is 3.78. The van der Waals surface area contributed by atoms with Crippen molar-refractivity contribution in [1.29, 1.82) is 0 Å². The lowest BCUT2D eigenvalue weighted by atomic mass is 10.1. The summed E-state index contributed by atoms with van der Waals surface area (Å²) in [6.07, 6.45) is 6.27. The molecule has 1 aliphatic rings. The molecule has 1 aliphatic heterocycles. The Morgan fingerprint density at radius 1 is 1.21 bits per heavy atom. The number of nitrogens with one attached hydrogen (secondary N) is 3. The molecule has 0 radical (unpaired) electrons. The molecular weight excluding hydrogens is 620 g/mol. The molecule has 14 heteroatoms. The highest BCUT2D eigenvalue weighted by Gasteiger charge is 2.17. The third-order valence-electron chi connectivity index (χ3n) is 7.57. The molecule has 1 unspecified atom stereocenters. The number of hydrogen-bond donors (Lipinski definition) is 5. The number of aliphatic imine (C=N–C) groups is 2. The van der Waals surface area contributed by atoms with Crippen molar-refractivity contribution in [3.8, 4) is 0 Å². The lowest BCUT2D eigenvalue weighted by Crippen LogP contribution is -2.42. The van der Waals surface area contributed by atoms with E-state index in [0.29, 0.717) is 35.7 Å². The molecule has 0 aliphatic carbocycles. The van der Waals surface area contributed by atoms with Crippen LogP contribution < -0.4 is 27.7 Å². The van der Waals surface area contributed by atoms with Gasteiger partial charge in [0.2, 0.25) is 12.0 Å². The average molecular weight is 681 g/mol. The number of amides is 2. The predicted molar refractivity (Wildman–Crippen MR) is 197 cm³/mol. The summed E-state index contributed by atoms with van der Waals surface area (Å²) >= 11 is 6.21. The number of pyridine rings is 1. The van der Waals surface area contributed by atoms with Crippen molar-refractivity contribution >= 4 is 40.7 Å². The SMILES string of the molecule is CCC(C)CN(C)/C(=N/C(N)=C(\C)C(=O)NCCCN(C)C)C(Cl)=NC.CCCNC1CCN(C=O)CC1.Cc1ccc(=O)[nH]c1N. The van der Waals surface area contributed by atoms with Crippen LogP contribution in [0, 0.1) is 12.8 Å². The van der Waals surface area contributed by atoms with Crippen molar-refractivity contribution in [3.05, 3.63) is 39.4 Å². The molecule has 0 saturated carbocycles. The molecule has 2 rings (SSSR count). The van der Waals surface area contributed by atoms with Gasteiger partial charge in [-0.05, 0) is 78.2 Å². The number of nitrogens with two attached hydrogens (primary N) is 2. The zero-order valence-electron chi connectivity index (χ0n) is 30.2. The van der Waals surface area contributed by atoms with E-state index in [1.807, 2.05) is 37.9 Å². The second-order valence-electron chi connectivity index (χ2n) is 12.1. The average Bonchev–Trinajstić information content (AvgIpc) is 3.06. The van der Waals surface area contributed by atoms with Crippen molar-refractivity contribution in [2.45, 2.75) is 72.8 Å². The van der Waals surface area contributed by atoms with Gasteiger partial charge in [-0.1, -0.05) is 44.9 Å². The zero-order chi connectivity index (χ0) is 35.9. The molecule has 1 atom stereocenters. The van der Waals surface area contributed by atoms with Crippen LogP contribution in [0.5, 0.6) is 0 Å². The smallest absolute Gasteiger partial charge is 0.250 e. The van der Waals surface area contributed by atoms with Crippen molar-refractivity contribution in [1.82, 2.24) is 30.3 Å². The number of hydrogen-bond acceptors (Lipinski definition) is 9. The van der Waals surface area contributed by atoms with Gasteiger partial charge in [-0.25, -0.2) is 4.99 Å². The van der Waals surface area contributed by atoms with E-state index < -0.39 is 0 Å². The van der Waals surface area contributed by atoms with Crippen molar-refractivity contribution < 1.29 is 9.59 Å². The molecule has 13 nitrogen and oxygen atoms in total. The molecule has 1 aromatic heterocycles. The van der Waals surface area contributed by atoms with Crippen LogP contribution in [0.15, 0.2) is 38.3 Å². The Balaban J connectivity index is 0.000000814. The van der Waals surface area contributed by atoms with Gasteiger partial charge in [0.1, 0.15) is 11.6 Å². The molecule has 0 aromatic carbocycles. The normalized spacial score (nSPS) is 15.1. The number of H-pyrrole nitrogens is 1. The number of nitrogen functional groups attached to an aromatic ring is 1. The van der Waals surface area contributed by atoms with Gasteiger partial charge in [0.05, 0.1) is 5.57 Å². The highest BCUT2D eigenvalue weighted by Crippen LogP contribution is 2.10. The molecule has 7 N–H and O–H groups in total. The van der Waals surface area contributed by atoms with Crippen LogP contribution in [0.1, 0.15) is 65.4 Å². The fourth-order valence-electron chi connectivity index (χ4n) is 4.24. The van der Waals surface area contributed by atoms with E-state index in [0.717, 1.165) is 70.4 Å². The molecule has 0 bridgehead atoms. The Kier molecular flexibility index (Phi) is 22.9. The lowest BCUT2D eigenvalue weighted by Gasteiger charge is -2.29. The van der Waals surface area contributed by atoms with Gasteiger partial charge in [-0.2, -0.15) is 0 Å². The Bertz CT molecular complexity index is 1210. The molecular formula is C33H61ClN10O3. The van der Waals surface area contributed by atoms with Crippen LogP contribution in [0.2, 0.25) is 0 Å². The van der Waals surface area contributed by atoms with E-state index in [1.54, 1.807) is 20.0 Å². The third kappa shape index (κ3) is 19.1. The van der Waals surface area contributed by atoms with Crippen molar-refractivity contribution in [3.63, 3.8) is 0 Å². The Hall–Kier alpha value is -3.42. The number of aryl methyl sites for hydroxylation is 1. The van der Waals surface area contributed by atoms with Gasteiger partial charge in [0, 0.05) is 52.4 Å². The summed E-state index contributed by atoms with van der Waals surface area (Å²) in [5.74, 6) is 1.30. The highest BCUT2D eigenvalue weighted by molar-refractivity contribution is 6.83. The van der Waals surface area contributed by atoms with E-state index in [-0.39, 0.29) is 22.5 Å². The molecule has 268 valence electrons. The maximum absolute atomic E-state index is 12.2. The number of aromatic amines is 1. The molecule has 2 amide bonds. The number of likely N-dealkylation sites (tertiary alicyclic amines) is 1.